The zero-order valence-corrected chi connectivity index (χ0v) is 15.1. The molecule has 2 N–H and O–H groups in total. The number of hydrogen-bond acceptors (Lipinski definition) is 3. The highest BCUT2D eigenvalue weighted by Gasteiger charge is 2.15. The molecule has 134 valence electrons. The van der Waals surface area contributed by atoms with Crippen molar-refractivity contribution in [3.05, 3.63) is 78.2 Å². The standard InChI is InChI=1S/C22H19N3O2/c1-14-20(21-18(24-14)6-3-7-19(21)27-2)15-8-10-17(11-9-15)25-22(26)16-5-4-12-23-13-16/h3-13,24H,1-2H3,(H,25,26). The average Bonchev–Trinajstić information content (AvgIpc) is 3.05. The average molecular weight is 357 g/mol. The van der Waals surface area contributed by atoms with Crippen LogP contribution in [0.1, 0.15) is 16.1 Å². The molecule has 0 aliphatic rings. The van der Waals surface area contributed by atoms with Crippen LogP contribution in [0.2, 0.25) is 0 Å². The summed E-state index contributed by atoms with van der Waals surface area (Å²) in [6.45, 7) is 2.05. The monoisotopic (exact) mass is 357 g/mol. The van der Waals surface area contributed by atoms with E-state index in [1.165, 1.54) is 0 Å². The van der Waals surface area contributed by atoms with E-state index in [2.05, 4.69) is 15.3 Å². The smallest absolute Gasteiger partial charge is 0.257 e. The Balaban J connectivity index is 1.66. The predicted octanol–water partition coefficient (Wildman–Crippen LogP) is 4.80. The highest BCUT2D eigenvalue weighted by atomic mass is 16.5. The van der Waals surface area contributed by atoms with Crippen molar-refractivity contribution in [2.45, 2.75) is 6.92 Å². The van der Waals surface area contributed by atoms with Crippen LogP contribution in [0.25, 0.3) is 22.0 Å². The summed E-state index contributed by atoms with van der Waals surface area (Å²) in [6.07, 6.45) is 3.19. The van der Waals surface area contributed by atoms with Crippen LogP contribution in [-0.2, 0) is 0 Å². The van der Waals surface area contributed by atoms with E-state index in [0.717, 1.165) is 39.2 Å². The summed E-state index contributed by atoms with van der Waals surface area (Å²) in [5.74, 6) is 0.654. The Morgan fingerprint density at radius 1 is 1.07 bits per heavy atom. The second-order valence-electron chi connectivity index (χ2n) is 6.28. The summed E-state index contributed by atoms with van der Waals surface area (Å²) in [6, 6.07) is 17.2. The van der Waals surface area contributed by atoms with Crippen molar-refractivity contribution in [2.24, 2.45) is 0 Å². The van der Waals surface area contributed by atoms with Gasteiger partial charge in [0, 0.05) is 40.2 Å². The van der Waals surface area contributed by atoms with E-state index in [1.54, 1.807) is 31.6 Å². The Hall–Kier alpha value is -3.60. The lowest BCUT2D eigenvalue weighted by Crippen LogP contribution is -2.11. The summed E-state index contributed by atoms with van der Waals surface area (Å²) in [4.78, 5) is 19.7. The molecule has 0 bridgehead atoms. The molecule has 4 aromatic rings. The Morgan fingerprint density at radius 2 is 1.89 bits per heavy atom. The lowest BCUT2D eigenvalue weighted by atomic mass is 10.0. The molecule has 0 saturated carbocycles. The van der Waals surface area contributed by atoms with Crippen LogP contribution in [0.4, 0.5) is 5.69 Å². The van der Waals surface area contributed by atoms with Gasteiger partial charge in [0.1, 0.15) is 5.75 Å². The van der Waals surface area contributed by atoms with Crippen LogP contribution >= 0.6 is 0 Å². The molecule has 0 spiro atoms. The van der Waals surface area contributed by atoms with Crippen molar-refractivity contribution in [3.63, 3.8) is 0 Å². The second kappa shape index (κ2) is 6.96. The third-order valence-corrected chi connectivity index (χ3v) is 4.55. The fourth-order valence-corrected chi connectivity index (χ4v) is 3.30. The number of amides is 1. The Labute approximate surface area is 157 Å². The summed E-state index contributed by atoms with van der Waals surface area (Å²) < 4.78 is 5.55. The molecule has 0 radical (unpaired) electrons. The molecule has 0 fully saturated rings. The first-order valence-electron chi connectivity index (χ1n) is 8.64. The van der Waals surface area contributed by atoms with E-state index in [4.69, 9.17) is 4.74 Å². The number of pyridine rings is 1. The number of fused-ring (bicyclic) bond motifs is 1. The van der Waals surface area contributed by atoms with Crippen molar-refractivity contribution >= 4 is 22.5 Å². The summed E-state index contributed by atoms with van der Waals surface area (Å²) in [5.41, 5.74) is 5.53. The summed E-state index contributed by atoms with van der Waals surface area (Å²) in [5, 5.41) is 3.95. The molecule has 0 unspecified atom stereocenters. The predicted molar refractivity (Wildman–Crippen MR) is 107 cm³/mol. The molecule has 4 rings (SSSR count). The number of anilines is 1. The third kappa shape index (κ3) is 3.15. The topological polar surface area (TPSA) is 67.0 Å². The van der Waals surface area contributed by atoms with Gasteiger partial charge in [0.25, 0.3) is 5.91 Å². The van der Waals surface area contributed by atoms with Crippen LogP contribution in [0, 0.1) is 6.92 Å². The minimum Gasteiger partial charge on any atom is -0.496 e. The van der Waals surface area contributed by atoms with Crippen LogP contribution in [0.3, 0.4) is 0 Å². The van der Waals surface area contributed by atoms with Gasteiger partial charge in [-0.3, -0.25) is 9.78 Å². The fraction of sp³-hybridized carbons (Fsp3) is 0.0909. The lowest BCUT2D eigenvalue weighted by molar-refractivity contribution is 0.102. The maximum atomic E-state index is 12.3. The van der Waals surface area contributed by atoms with Gasteiger partial charge < -0.3 is 15.0 Å². The number of hydrogen-bond donors (Lipinski definition) is 2. The molecule has 1 amide bonds. The number of methoxy groups -OCH3 is 1. The fourth-order valence-electron chi connectivity index (χ4n) is 3.30. The van der Waals surface area contributed by atoms with Gasteiger partial charge in [0.05, 0.1) is 12.7 Å². The molecule has 2 aromatic carbocycles. The van der Waals surface area contributed by atoms with Gasteiger partial charge in [-0.2, -0.15) is 0 Å². The van der Waals surface area contributed by atoms with E-state index in [0.29, 0.717) is 5.56 Å². The molecular formula is C22H19N3O2. The maximum Gasteiger partial charge on any atom is 0.257 e. The van der Waals surface area contributed by atoms with Crippen molar-refractivity contribution in [1.82, 2.24) is 9.97 Å². The highest BCUT2D eigenvalue weighted by molar-refractivity contribution is 6.05. The van der Waals surface area contributed by atoms with Gasteiger partial charge in [-0.05, 0) is 48.9 Å². The zero-order valence-electron chi connectivity index (χ0n) is 15.1. The molecule has 5 heteroatoms. The summed E-state index contributed by atoms with van der Waals surface area (Å²) in [7, 11) is 1.68. The van der Waals surface area contributed by atoms with Gasteiger partial charge in [-0.1, -0.05) is 18.2 Å². The maximum absolute atomic E-state index is 12.3. The number of carbonyl (C=O) groups is 1. The van der Waals surface area contributed by atoms with E-state index < -0.39 is 0 Å². The Kier molecular flexibility index (Phi) is 4.34. The van der Waals surface area contributed by atoms with Crippen LogP contribution < -0.4 is 10.1 Å². The number of aromatic amines is 1. The number of rotatable bonds is 4. The molecule has 2 heterocycles. The number of carbonyl (C=O) groups excluding carboxylic acids is 1. The Bertz CT molecular complexity index is 1100. The molecule has 0 atom stereocenters. The summed E-state index contributed by atoms with van der Waals surface area (Å²) >= 11 is 0. The second-order valence-corrected chi connectivity index (χ2v) is 6.28. The molecule has 5 nitrogen and oxygen atoms in total. The minimum absolute atomic E-state index is 0.180. The van der Waals surface area contributed by atoms with E-state index in [9.17, 15) is 4.79 Å². The van der Waals surface area contributed by atoms with Gasteiger partial charge >= 0.3 is 0 Å². The highest BCUT2D eigenvalue weighted by Crippen LogP contribution is 2.38. The molecule has 2 aromatic heterocycles. The van der Waals surface area contributed by atoms with Gasteiger partial charge in [0.15, 0.2) is 0 Å². The Morgan fingerprint density at radius 3 is 2.59 bits per heavy atom. The number of nitrogens with zero attached hydrogens (tertiary/aromatic N) is 1. The van der Waals surface area contributed by atoms with Crippen molar-refractivity contribution < 1.29 is 9.53 Å². The third-order valence-electron chi connectivity index (χ3n) is 4.55. The van der Waals surface area contributed by atoms with Crippen molar-refractivity contribution in [2.75, 3.05) is 12.4 Å². The molecule has 27 heavy (non-hydrogen) atoms. The van der Waals surface area contributed by atoms with Crippen LogP contribution in [-0.4, -0.2) is 23.0 Å². The molecule has 0 saturated heterocycles. The number of ether oxygens (including phenoxy) is 1. The first-order valence-corrected chi connectivity index (χ1v) is 8.64. The van der Waals surface area contributed by atoms with Gasteiger partial charge in [0.2, 0.25) is 0 Å². The molecule has 0 aliphatic carbocycles. The normalized spacial score (nSPS) is 10.7. The number of H-pyrrole nitrogens is 1. The van der Waals surface area contributed by atoms with E-state index in [-0.39, 0.29) is 5.91 Å². The largest absolute Gasteiger partial charge is 0.496 e. The minimum atomic E-state index is -0.180. The van der Waals surface area contributed by atoms with Crippen LogP contribution in [0.5, 0.6) is 5.75 Å². The van der Waals surface area contributed by atoms with Crippen molar-refractivity contribution in [1.29, 1.82) is 0 Å². The molecular weight excluding hydrogens is 338 g/mol. The quantitative estimate of drug-likeness (QED) is 0.551. The number of nitrogens with one attached hydrogen (secondary N) is 2. The zero-order chi connectivity index (χ0) is 18.8. The lowest BCUT2D eigenvalue weighted by Gasteiger charge is -2.08. The van der Waals surface area contributed by atoms with Gasteiger partial charge in [-0.15, -0.1) is 0 Å². The first kappa shape index (κ1) is 16.8. The number of aromatic nitrogens is 2. The first-order chi connectivity index (χ1) is 13.2. The number of benzene rings is 2. The number of aryl methyl sites for hydroxylation is 1. The van der Waals surface area contributed by atoms with Crippen LogP contribution in [0.15, 0.2) is 67.0 Å². The SMILES string of the molecule is COc1cccc2[nH]c(C)c(-c3ccc(NC(=O)c4cccnc4)cc3)c12. The van der Waals surface area contributed by atoms with E-state index in [1.807, 2.05) is 49.4 Å². The van der Waals surface area contributed by atoms with E-state index >= 15 is 0 Å². The molecule has 0 aliphatic heterocycles. The van der Waals surface area contributed by atoms with Crippen molar-refractivity contribution in [3.8, 4) is 16.9 Å². The van der Waals surface area contributed by atoms with Gasteiger partial charge in [-0.25, -0.2) is 0 Å².